The highest BCUT2D eigenvalue weighted by Crippen LogP contribution is 2.57. The van der Waals surface area contributed by atoms with Gasteiger partial charge in [0.25, 0.3) is 0 Å². The Kier molecular flexibility index (Phi) is 2.26. The second kappa shape index (κ2) is 3.71. The molecule has 0 atom stereocenters. The lowest BCUT2D eigenvalue weighted by Crippen LogP contribution is -2.50. The van der Waals surface area contributed by atoms with E-state index in [9.17, 15) is 0 Å². The molecular weight excluding hydrogens is 214 g/mol. The van der Waals surface area contributed by atoms with E-state index < -0.39 is 0 Å². The molecule has 5 rings (SSSR count). The van der Waals surface area contributed by atoms with Crippen molar-refractivity contribution in [2.45, 2.75) is 44.1 Å². The van der Waals surface area contributed by atoms with Crippen LogP contribution in [0.15, 0.2) is 4.99 Å². The molecule has 1 aliphatic heterocycles. The number of rotatable bonds is 1. The molecular formula is C14H21NO2. The number of ether oxygens (including phenoxy) is 2. The van der Waals surface area contributed by atoms with Crippen molar-refractivity contribution in [3.8, 4) is 0 Å². The summed E-state index contributed by atoms with van der Waals surface area (Å²) in [5.74, 6) is 3.73. The highest BCUT2D eigenvalue weighted by atomic mass is 16.6. The van der Waals surface area contributed by atoms with Crippen LogP contribution in [0.1, 0.15) is 38.5 Å². The van der Waals surface area contributed by atoms with Gasteiger partial charge in [-0.1, -0.05) is 0 Å². The van der Waals surface area contributed by atoms with Crippen molar-refractivity contribution in [1.29, 1.82) is 0 Å². The second-order valence-electron chi connectivity index (χ2n) is 6.55. The summed E-state index contributed by atoms with van der Waals surface area (Å²) in [6, 6.07) is 0. The van der Waals surface area contributed by atoms with Gasteiger partial charge in [-0.25, -0.2) is 4.99 Å². The molecule has 0 unspecified atom stereocenters. The van der Waals surface area contributed by atoms with Crippen LogP contribution in [0.5, 0.6) is 0 Å². The smallest absolute Gasteiger partial charge is 0.210 e. The van der Waals surface area contributed by atoms with E-state index in [1.165, 1.54) is 38.5 Å². The molecule has 0 aromatic carbocycles. The summed E-state index contributed by atoms with van der Waals surface area (Å²) >= 11 is 0. The van der Waals surface area contributed by atoms with Gasteiger partial charge >= 0.3 is 0 Å². The van der Waals surface area contributed by atoms with Crippen molar-refractivity contribution in [1.82, 2.24) is 0 Å². The summed E-state index contributed by atoms with van der Waals surface area (Å²) in [7, 11) is 0. The number of nitrogens with zero attached hydrogens (tertiary/aromatic N) is 1. The Labute approximate surface area is 103 Å². The van der Waals surface area contributed by atoms with Gasteiger partial charge in [0.05, 0.1) is 12.1 Å². The first kappa shape index (κ1) is 10.4. The first-order valence-corrected chi connectivity index (χ1v) is 7.11. The molecule has 0 amide bonds. The molecule has 4 aliphatic carbocycles. The average Bonchev–Trinajstić information content (AvgIpc) is 2.27. The molecule has 4 saturated carbocycles. The molecule has 0 aromatic rings. The van der Waals surface area contributed by atoms with Crippen molar-refractivity contribution in [3.05, 3.63) is 0 Å². The Bertz CT molecular complexity index is 307. The van der Waals surface area contributed by atoms with Crippen LogP contribution in [0.25, 0.3) is 0 Å². The molecule has 94 valence electrons. The number of aliphatic imine (C=N–C) groups is 1. The quantitative estimate of drug-likeness (QED) is 0.698. The van der Waals surface area contributed by atoms with E-state index in [1.807, 2.05) is 0 Å². The van der Waals surface area contributed by atoms with E-state index in [-0.39, 0.29) is 5.54 Å². The molecule has 0 spiro atoms. The minimum atomic E-state index is 0.241. The van der Waals surface area contributed by atoms with Crippen molar-refractivity contribution in [3.63, 3.8) is 0 Å². The highest BCUT2D eigenvalue weighted by molar-refractivity contribution is 5.78. The summed E-state index contributed by atoms with van der Waals surface area (Å²) < 4.78 is 11.1. The molecule has 0 radical (unpaired) electrons. The molecule has 0 aromatic heterocycles. The molecule has 5 fully saturated rings. The van der Waals surface area contributed by atoms with Gasteiger partial charge in [0, 0.05) is 0 Å². The minimum absolute atomic E-state index is 0.241. The maximum absolute atomic E-state index is 5.64. The van der Waals surface area contributed by atoms with Crippen LogP contribution < -0.4 is 0 Å². The fourth-order valence-electron chi connectivity index (χ4n) is 4.95. The lowest BCUT2D eigenvalue weighted by molar-refractivity contribution is -0.00250. The maximum atomic E-state index is 5.64. The molecule has 1 heterocycles. The minimum Gasteiger partial charge on any atom is -0.477 e. The maximum Gasteiger partial charge on any atom is 0.210 e. The third kappa shape index (κ3) is 1.79. The number of hydrogen-bond acceptors (Lipinski definition) is 3. The Morgan fingerprint density at radius 3 is 2.12 bits per heavy atom. The van der Waals surface area contributed by atoms with Crippen LogP contribution in [0, 0.1) is 17.8 Å². The van der Waals surface area contributed by atoms with Crippen LogP contribution in [0.3, 0.4) is 0 Å². The largest absolute Gasteiger partial charge is 0.477 e. The standard InChI is InChI=1S/C14H21NO2/c1-2-17-13(9-16-1)15-14-6-10-3-11(7-14)5-12(4-10)8-14/h10-12H,1-9H2. The Morgan fingerprint density at radius 1 is 0.941 bits per heavy atom. The SMILES string of the molecule is C1COC(=NC23CC4CC(CC(C4)C2)C3)CO1. The second-order valence-corrected chi connectivity index (χ2v) is 6.55. The predicted octanol–water partition coefficient (Wildman–Crippen LogP) is 2.40. The van der Waals surface area contributed by atoms with E-state index in [0.29, 0.717) is 13.2 Å². The summed E-state index contributed by atoms with van der Waals surface area (Å²) in [6.07, 6.45) is 8.36. The van der Waals surface area contributed by atoms with E-state index >= 15 is 0 Å². The van der Waals surface area contributed by atoms with E-state index in [0.717, 1.165) is 30.3 Å². The Hall–Kier alpha value is -0.570. The summed E-state index contributed by atoms with van der Waals surface area (Å²) in [5, 5.41) is 0. The monoisotopic (exact) mass is 235 g/mol. The molecule has 17 heavy (non-hydrogen) atoms. The third-order valence-electron chi connectivity index (χ3n) is 5.09. The molecule has 5 aliphatic rings. The van der Waals surface area contributed by atoms with Gasteiger partial charge < -0.3 is 9.47 Å². The first-order chi connectivity index (χ1) is 8.31. The van der Waals surface area contributed by atoms with Crippen LogP contribution >= 0.6 is 0 Å². The van der Waals surface area contributed by atoms with Crippen molar-refractivity contribution >= 4 is 5.90 Å². The summed E-state index contributed by atoms with van der Waals surface area (Å²) in [5.41, 5.74) is 0.241. The van der Waals surface area contributed by atoms with Gasteiger partial charge in [0.2, 0.25) is 5.90 Å². The third-order valence-corrected chi connectivity index (χ3v) is 5.09. The van der Waals surface area contributed by atoms with E-state index in [4.69, 9.17) is 14.5 Å². The van der Waals surface area contributed by atoms with E-state index in [2.05, 4.69) is 0 Å². The van der Waals surface area contributed by atoms with Gasteiger partial charge in [-0.3, -0.25) is 0 Å². The van der Waals surface area contributed by atoms with E-state index in [1.54, 1.807) is 0 Å². The van der Waals surface area contributed by atoms with Gasteiger partial charge in [-0.15, -0.1) is 0 Å². The molecule has 4 bridgehead atoms. The fraction of sp³-hybridized carbons (Fsp3) is 0.929. The normalized spacial score (nSPS) is 50.6. The lowest BCUT2D eigenvalue weighted by atomic mass is 9.53. The van der Waals surface area contributed by atoms with Crippen molar-refractivity contribution in [2.75, 3.05) is 19.8 Å². The van der Waals surface area contributed by atoms with Crippen molar-refractivity contribution < 1.29 is 9.47 Å². The Morgan fingerprint density at radius 2 is 1.59 bits per heavy atom. The number of hydrogen-bond donors (Lipinski definition) is 0. The van der Waals surface area contributed by atoms with Crippen LogP contribution in [0.4, 0.5) is 0 Å². The van der Waals surface area contributed by atoms with Crippen LogP contribution in [-0.2, 0) is 9.47 Å². The van der Waals surface area contributed by atoms with Crippen LogP contribution in [0.2, 0.25) is 0 Å². The zero-order valence-corrected chi connectivity index (χ0v) is 10.4. The molecule has 3 nitrogen and oxygen atoms in total. The summed E-state index contributed by atoms with van der Waals surface area (Å²) in [4.78, 5) is 5.00. The topological polar surface area (TPSA) is 30.8 Å². The average molecular weight is 235 g/mol. The van der Waals surface area contributed by atoms with Gasteiger partial charge in [-0.05, 0) is 56.3 Å². The zero-order chi connectivity index (χ0) is 11.3. The van der Waals surface area contributed by atoms with Crippen molar-refractivity contribution in [2.24, 2.45) is 22.7 Å². The van der Waals surface area contributed by atoms with Crippen LogP contribution in [-0.4, -0.2) is 31.3 Å². The zero-order valence-electron chi connectivity index (χ0n) is 10.4. The van der Waals surface area contributed by atoms with Gasteiger partial charge in [0.1, 0.15) is 13.2 Å². The molecule has 3 heteroatoms. The lowest BCUT2D eigenvalue weighted by Gasteiger charge is -2.55. The van der Waals surface area contributed by atoms with Gasteiger partial charge in [0.15, 0.2) is 0 Å². The molecule has 1 saturated heterocycles. The van der Waals surface area contributed by atoms with Gasteiger partial charge in [-0.2, -0.15) is 0 Å². The Balaban J connectivity index is 1.59. The summed E-state index contributed by atoms with van der Waals surface area (Å²) in [6.45, 7) is 2.01. The fourth-order valence-corrected chi connectivity index (χ4v) is 4.95. The first-order valence-electron chi connectivity index (χ1n) is 7.11. The highest BCUT2D eigenvalue weighted by Gasteiger charge is 2.51. The predicted molar refractivity (Wildman–Crippen MR) is 65.1 cm³/mol. The molecule has 0 N–H and O–H groups in total.